The number of aryl methyl sites for hydroxylation is 2. The summed E-state index contributed by atoms with van der Waals surface area (Å²) in [5.74, 6) is -0.0924. The third-order valence-electron chi connectivity index (χ3n) is 4.28. The lowest BCUT2D eigenvalue weighted by Gasteiger charge is -2.22. The first-order valence-corrected chi connectivity index (χ1v) is 8.35. The van der Waals surface area contributed by atoms with Gasteiger partial charge in [0.15, 0.2) is 0 Å². The highest BCUT2D eigenvalue weighted by molar-refractivity contribution is 6.31. The molecule has 1 N–H and O–H groups in total. The molecule has 120 valence electrons. The Balaban J connectivity index is 1.89. The van der Waals surface area contributed by atoms with E-state index in [0.29, 0.717) is 10.6 Å². The zero-order valence-corrected chi connectivity index (χ0v) is 14.3. The van der Waals surface area contributed by atoms with Gasteiger partial charge in [-0.15, -0.1) is 0 Å². The van der Waals surface area contributed by atoms with Gasteiger partial charge in [-0.1, -0.05) is 29.3 Å². The van der Waals surface area contributed by atoms with Crippen molar-refractivity contribution in [3.8, 4) is 0 Å². The average Bonchev–Trinajstić information content (AvgIpc) is 3.01. The second-order valence-electron chi connectivity index (χ2n) is 6.13. The number of benzene rings is 2. The van der Waals surface area contributed by atoms with Crippen molar-refractivity contribution in [1.29, 1.82) is 0 Å². The Bertz CT molecular complexity index is 736. The van der Waals surface area contributed by atoms with Gasteiger partial charge in [0.25, 0.3) is 5.91 Å². The SMILES string of the molecule is Cc1ccc(C(=O)Nc2cc(Cl)ccc2N2CCCC2)c(C)c1. The zero-order chi connectivity index (χ0) is 16.4. The fraction of sp³-hybridized carbons (Fsp3) is 0.316. The van der Waals surface area contributed by atoms with E-state index in [1.807, 2.05) is 50.2 Å². The van der Waals surface area contributed by atoms with Gasteiger partial charge in [-0.25, -0.2) is 0 Å². The van der Waals surface area contributed by atoms with Gasteiger partial charge in [0, 0.05) is 23.7 Å². The van der Waals surface area contributed by atoms with Crippen LogP contribution in [-0.2, 0) is 0 Å². The zero-order valence-electron chi connectivity index (χ0n) is 13.5. The van der Waals surface area contributed by atoms with Gasteiger partial charge in [-0.05, 0) is 56.5 Å². The molecule has 0 aromatic heterocycles. The number of hydrogen-bond acceptors (Lipinski definition) is 2. The summed E-state index contributed by atoms with van der Waals surface area (Å²) in [4.78, 5) is 15.0. The van der Waals surface area contributed by atoms with E-state index >= 15 is 0 Å². The second kappa shape index (κ2) is 6.63. The molecule has 23 heavy (non-hydrogen) atoms. The number of hydrogen-bond donors (Lipinski definition) is 1. The second-order valence-corrected chi connectivity index (χ2v) is 6.56. The highest BCUT2D eigenvalue weighted by atomic mass is 35.5. The van der Waals surface area contributed by atoms with Crippen LogP contribution in [0.4, 0.5) is 11.4 Å². The summed E-state index contributed by atoms with van der Waals surface area (Å²) in [5.41, 5.74) is 4.66. The fourth-order valence-corrected chi connectivity index (χ4v) is 3.27. The number of rotatable bonds is 3. The van der Waals surface area contributed by atoms with Crippen molar-refractivity contribution < 1.29 is 4.79 Å². The van der Waals surface area contributed by atoms with Crippen LogP contribution in [0.1, 0.15) is 34.3 Å². The lowest BCUT2D eigenvalue weighted by Crippen LogP contribution is -2.21. The topological polar surface area (TPSA) is 32.3 Å². The Kier molecular flexibility index (Phi) is 4.58. The maximum atomic E-state index is 12.7. The molecule has 1 fully saturated rings. The fourth-order valence-electron chi connectivity index (χ4n) is 3.10. The maximum Gasteiger partial charge on any atom is 0.255 e. The van der Waals surface area contributed by atoms with E-state index in [4.69, 9.17) is 11.6 Å². The number of nitrogens with zero attached hydrogens (tertiary/aromatic N) is 1. The minimum absolute atomic E-state index is 0.0924. The van der Waals surface area contributed by atoms with Crippen molar-refractivity contribution in [3.63, 3.8) is 0 Å². The van der Waals surface area contributed by atoms with Gasteiger partial charge in [-0.2, -0.15) is 0 Å². The molecule has 0 unspecified atom stereocenters. The summed E-state index contributed by atoms with van der Waals surface area (Å²) in [6.07, 6.45) is 2.38. The van der Waals surface area contributed by atoms with Crippen LogP contribution in [0.25, 0.3) is 0 Å². The molecular weight excluding hydrogens is 308 g/mol. The monoisotopic (exact) mass is 328 g/mol. The molecule has 3 rings (SSSR count). The van der Waals surface area contributed by atoms with E-state index in [-0.39, 0.29) is 5.91 Å². The van der Waals surface area contributed by atoms with Gasteiger partial charge < -0.3 is 10.2 Å². The number of nitrogens with one attached hydrogen (secondary N) is 1. The molecule has 0 atom stereocenters. The lowest BCUT2D eigenvalue weighted by molar-refractivity contribution is 0.102. The third-order valence-corrected chi connectivity index (χ3v) is 4.52. The molecule has 0 saturated carbocycles. The molecule has 0 bridgehead atoms. The van der Waals surface area contributed by atoms with Crippen LogP contribution in [0.15, 0.2) is 36.4 Å². The first kappa shape index (κ1) is 15.9. The molecule has 0 spiro atoms. The van der Waals surface area contributed by atoms with Gasteiger partial charge in [0.2, 0.25) is 0 Å². The van der Waals surface area contributed by atoms with Crippen molar-refractivity contribution in [2.75, 3.05) is 23.3 Å². The van der Waals surface area contributed by atoms with Gasteiger partial charge in [0.1, 0.15) is 0 Å². The molecule has 2 aromatic rings. The van der Waals surface area contributed by atoms with Crippen molar-refractivity contribution in [2.45, 2.75) is 26.7 Å². The quantitative estimate of drug-likeness (QED) is 0.877. The molecule has 1 saturated heterocycles. The Labute approximate surface area is 142 Å². The van der Waals surface area contributed by atoms with E-state index in [1.165, 1.54) is 12.8 Å². The van der Waals surface area contributed by atoms with E-state index in [2.05, 4.69) is 10.2 Å². The molecule has 1 aliphatic heterocycles. The summed E-state index contributed by atoms with van der Waals surface area (Å²) >= 11 is 6.14. The molecule has 4 heteroatoms. The van der Waals surface area contributed by atoms with Gasteiger partial charge in [0.05, 0.1) is 11.4 Å². The van der Waals surface area contributed by atoms with E-state index in [0.717, 1.165) is 35.6 Å². The van der Waals surface area contributed by atoms with Crippen LogP contribution < -0.4 is 10.2 Å². The Morgan fingerprint density at radius 3 is 2.52 bits per heavy atom. The molecule has 0 aliphatic carbocycles. The van der Waals surface area contributed by atoms with Gasteiger partial charge >= 0.3 is 0 Å². The minimum atomic E-state index is -0.0924. The van der Waals surface area contributed by atoms with E-state index in [9.17, 15) is 4.79 Å². The maximum absolute atomic E-state index is 12.7. The summed E-state index contributed by atoms with van der Waals surface area (Å²) in [6, 6.07) is 11.6. The van der Waals surface area contributed by atoms with Crippen LogP contribution in [0, 0.1) is 13.8 Å². The predicted molar refractivity (Wildman–Crippen MR) is 96.8 cm³/mol. The lowest BCUT2D eigenvalue weighted by atomic mass is 10.1. The number of carbonyl (C=O) groups is 1. The molecular formula is C19H21ClN2O. The Hall–Kier alpha value is -2.00. The number of anilines is 2. The predicted octanol–water partition coefficient (Wildman–Crippen LogP) is 4.81. The molecule has 2 aromatic carbocycles. The summed E-state index contributed by atoms with van der Waals surface area (Å²) in [5, 5.41) is 3.67. The van der Waals surface area contributed by atoms with Crippen molar-refractivity contribution >= 4 is 28.9 Å². The highest BCUT2D eigenvalue weighted by Gasteiger charge is 2.18. The minimum Gasteiger partial charge on any atom is -0.370 e. The molecule has 1 heterocycles. The van der Waals surface area contributed by atoms with Gasteiger partial charge in [-0.3, -0.25) is 4.79 Å². The van der Waals surface area contributed by atoms with Crippen LogP contribution >= 0.6 is 11.6 Å². The van der Waals surface area contributed by atoms with Crippen molar-refractivity contribution in [3.05, 3.63) is 58.1 Å². The van der Waals surface area contributed by atoms with Crippen LogP contribution in [0.2, 0.25) is 5.02 Å². The first-order valence-electron chi connectivity index (χ1n) is 7.98. The largest absolute Gasteiger partial charge is 0.370 e. The molecule has 1 aliphatic rings. The molecule has 3 nitrogen and oxygen atoms in total. The summed E-state index contributed by atoms with van der Waals surface area (Å²) in [6.45, 7) is 6.03. The Morgan fingerprint density at radius 2 is 1.83 bits per heavy atom. The standard InChI is InChI=1S/C19H21ClN2O/c1-13-5-7-16(14(2)11-13)19(23)21-17-12-15(20)6-8-18(17)22-9-3-4-10-22/h5-8,11-12H,3-4,9-10H2,1-2H3,(H,21,23). The van der Waals surface area contributed by atoms with Crippen LogP contribution in [-0.4, -0.2) is 19.0 Å². The van der Waals surface area contributed by atoms with Crippen LogP contribution in [0.3, 0.4) is 0 Å². The normalized spacial score (nSPS) is 14.1. The smallest absolute Gasteiger partial charge is 0.255 e. The number of halogens is 1. The highest BCUT2D eigenvalue weighted by Crippen LogP contribution is 2.32. The third kappa shape index (κ3) is 3.50. The molecule has 1 amide bonds. The average molecular weight is 329 g/mol. The van der Waals surface area contributed by atoms with E-state index < -0.39 is 0 Å². The van der Waals surface area contributed by atoms with Crippen molar-refractivity contribution in [1.82, 2.24) is 0 Å². The van der Waals surface area contributed by atoms with E-state index in [1.54, 1.807) is 0 Å². The van der Waals surface area contributed by atoms with Crippen molar-refractivity contribution in [2.24, 2.45) is 0 Å². The summed E-state index contributed by atoms with van der Waals surface area (Å²) < 4.78 is 0. The number of amides is 1. The summed E-state index contributed by atoms with van der Waals surface area (Å²) in [7, 11) is 0. The number of carbonyl (C=O) groups excluding carboxylic acids is 1. The Morgan fingerprint density at radius 1 is 1.09 bits per heavy atom. The molecule has 0 radical (unpaired) electrons. The first-order chi connectivity index (χ1) is 11.0. The van der Waals surface area contributed by atoms with Crippen LogP contribution in [0.5, 0.6) is 0 Å².